The molecule has 4 saturated heterocycles. The van der Waals surface area contributed by atoms with Gasteiger partial charge in [0.1, 0.15) is 24.8 Å². The number of hydrogen-bond donors (Lipinski definition) is 2. The van der Waals surface area contributed by atoms with Gasteiger partial charge >= 0.3 is 0 Å². The van der Waals surface area contributed by atoms with Gasteiger partial charge in [-0.15, -0.1) is 0 Å². The van der Waals surface area contributed by atoms with Crippen molar-refractivity contribution in [3.05, 3.63) is 35.4 Å². The van der Waals surface area contributed by atoms with Crippen LogP contribution in [0.3, 0.4) is 0 Å². The van der Waals surface area contributed by atoms with E-state index in [0.717, 1.165) is 103 Å². The van der Waals surface area contributed by atoms with Crippen LogP contribution in [-0.2, 0) is 0 Å². The van der Waals surface area contributed by atoms with Gasteiger partial charge in [0.15, 0.2) is 0 Å². The first-order chi connectivity index (χ1) is 24.3. The van der Waals surface area contributed by atoms with Crippen LogP contribution in [0.1, 0.15) is 32.6 Å². The Morgan fingerprint density at radius 1 is 0.680 bits per heavy atom. The summed E-state index contributed by atoms with van der Waals surface area (Å²) in [5.41, 5.74) is 15.4. The first-order valence-electron chi connectivity index (χ1n) is 18.5. The van der Waals surface area contributed by atoms with E-state index in [2.05, 4.69) is 41.5 Å². The summed E-state index contributed by atoms with van der Waals surface area (Å²) >= 11 is 6.40. The van der Waals surface area contributed by atoms with Crippen LogP contribution >= 0.6 is 11.6 Å². The zero-order chi connectivity index (χ0) is 35.5. The van der Waals surface area contributed by atoms with Crippen molar-refractivity contribution in [2.24, 2.45) is 0 Å². The quantitative estimate of drug-likeness (QED) is 0.319. The molecule has 0 saturated carbocycles. The van der Waals surface area contributed by atoms with E-state index in [4.69, 9.17) is 32.5 Å². The molecule has 4 aliphatic heterocycles. The third-order valence-corrected chi connectivity index (χ3v) is 11.2. The number of methoxy groups -OCH3 is 1. The van der Waals surface area contributed by atoms with Gasteiger partial charge in [-0.3, -0.25) is 19.6 Å². The van der Waals surface area contributed by atoms with E-state index in [1.165, 1.54) is 18.5 Å². The molecule has 4 aliphatic rings. The normalized spacial score (nSPS) is 20.8. The van der Waals surface area contributed by atoms with Gasteiger partial charge in [0, 0.05) is 122 Å². The Hall–Kier alpha value is -2.77. The lowest BCUT2D eigenvalue weighted by molar-refractivity contribution is 0.0816. The molecule has 0 aromatic heterocycles. The van der Waals surface area contributed by atoms with E-state index in [0.29, 0.717) is 53.9 Å². The summed E-state index contributed by atoms with van der Waals surface area (Å²) in [6.45, 7) is 15.5. The zero-order valence-electron chi connectivity index (χ0n) is 30.2. The van der Waals surface area contributed by atoms with Crippen molar-refractivity contribution in [2.45, 2.75) is 44.7 Å². The maximum absolute atomic E-state index is 12.5. The molecule has 10 nitrogen and oxygen atoms in total. The predicted octanol–water partition coefficient (Wildman–Crippen LogP) is 4.71. The number of benzene rings is 2. The number of nitrogens with zero attached hydrogens (tertiary/aromatic N) is 6. The molecule has 0 aliphatic carbocycles. The molecule has 0 unspecified atom stereocenters. The fourth-order valence-electron chi connectivity index (χ4n) is 7.88. The van der Waals surface area contributed by atoms with Gasteiger partial charge in [0.2, 0.25) is 0 Å². The van der Waals surface area contributed by atoms with Crippen LogP contribution in [0.5, 0.6) is 11.5 Å². The van der Waals surface area contributed by atoms with Crippen LogP contribution in [0.4, 0.5) is 31.5 Å². The number of alkyl halides is 2. The first-order valence-corrected chi connectivity index (χ1v) is 18.9. The van der Waals surface area contributed by atoms with Crippen molar-refractivity contribution in [1.82, 2.24) is 19.6 Å². The summed E-state index contributed by atoms with van der Waals surface area (Å²) in [5.74, 6) is 1.46. The number of piperazine rings is 2. The molecule has 2 aromatic carbocycles. The fourth-order valence-corrected chi connectivity index (χ4v) is 8.17. The van der Waals surface area contributed by atoms with Crippen molar-refractivity contribution in [3.8, 4) is 11.5 Å². The molecule has 4 fully saturated rings. The van der Waals surface area contributed by atoms with Crippen LogP contribution in [-0.4, -0.2) is 150 Å². The summed E-state index contributed by atoms with van der Waals surface area (Å²) in [7, 11) is 1.62. The standard InChI is InChI=1S/C19H31FN4O.C18H28ClFN4O/c1-2-25-19-15-17(3-4-18(19)21)23-8-5-16(6-9-23)24-13-11-22(10-7-20)12-14-24;1-25-18-13-17(15(19)12-16(18)21)24-5-2-14(3-6-24)23-10-8-22(7-4-20)9-11-23/h3-4,15-16H,2,5-14,21H2,1H3;12-14H,2-11,21H2,1H3. The Kier molecular flexibility index (Phi) is 14.7. The van der Waals surface area contributed by atoms with Gasteiger partial charge in [-0.05, 0) is 50.8 Å². The SMILES string of the molecule is CCOc1cc(N2CCC(N3CCN(CCF)CC3)CC2)ccc1N.COc1cc(N2CCC(N3CCN(CCF)CC3)CC2)c(Cl)cc1N. The minimum Gasteiger partial charge on any atom is -0.495 e. The predicted molar refractivity (Wildman–Crippen MR) is 203 cm³/mol. The molecule has 0 radical (unpaired) electrons. The molecule has 0 bridgehead atoms. The second kappa shape index (κ2) is 19.2. The summed E-state index contributed by atoms with van der Waals surface area (Å²) in [5, 5.41) is 0.677. The number of anilines is 4. The number of nitrogens with two attached hydrogens (primary N) is 2. The summed E-state index contributed by atoms with van der Waals surface area (Å²) in [6.07, 6.45) is 4.59. The van der Waals surface area contributed by atoms with Gasteiger partial charge in [-0.2, -0.15) is 0 Å². The zero-order valence-corrected chi connectivity index (χ0v) is 30.9. The topological polar surface area (TPSA) is 89.9 Å². The highest BCUT2D eigenvalue weighted by Gasteiger charge is 2.29. The molecule has 50 heavy (non-hydrogen) atoms. The van der Waals surface area contributed by atoms with Gasteiger partial charge in [0.05, 0.1) is 35.8 Å². The lowest BCUT2D eigenvalue weighted by atomic mass is 10.0. The number of ether oxygens (including phenoxy) is 2. The third kappa shape index (κ3) is 10.2. The molecule has 0 atom stereocenters. The monoisotopic (exact) mass is 720 g/mol. The molecule has 13 heteroatoms. The Balaban J connectivity index is 0.000000194. The van der Waals surface area contributed by atoms with Crippen molar-refractivity contribution in [3.63, 3.8) is 0 Å². The first kappa shape index (κ1) is 38.5. The van der Waals surface area contributed by atoms with E-state index in [-0.39, 0.29) is 13.3 Å². The minimum absolute atomic E-state index is 0.232. The van der Waals surface area contributed by atoms with E-state index in [9.17, 15) is 8.78 Å². The molecule has 6 rings (SSSR count). The average molecular weight is 721 g/mol. The van der Waals surface area contributed by atoms with Crippen LogP contribution in [0.25, 0.3) is 0 Å². The van der Waals surface area contributed by atoms with Crippen LogP contribution < -0.4 is 30.7 Å². The molecule has 0 spiro atoms. The van der Waals surface area contributed by atoms with Gasteiger partial charge in [0.25, 0.3) is 0 Å². The Labute approximate surface area is 303 Å². The largest absolute Gasteiger partial charge is 0.495 e. The van der Waals surface area contributed by atoms with E-state index >= 15 is 0 Å². The fraction of sp³-hybridized carbons (Fsp3) is 0.676. The molecule has 280 valence electrons. The lowest BCUT2D eigenvalue weighted by Crippen LogP contribution is -2.53. The lowest BCUT2D eigenvalue weighted by Gasteiger charge is -2.43. The maximum atomic E-state index is 12.5. The van der Waals surface area contributed by atoms with E-state index < -0.39 is 0 Å². The highest BCUT2D eigenvalue weighted by Crippen LogP contribution is 2.37. The summed E-state index contributed by atoms with van der Waals surface area (Å²) < 4.78 is 35.9. The van der Waals surface area contributed by atoms with E-state index in [1.807, 2.05) is 19.1 Å². The Bertz CT molecular complexity index is 1310. The average Bonchev–Trinajstić information content (AvgIpc) is 3.14. The number of piperidine rings is 2. The smallest absolute Gasteiger partial charge is 0.144 e. The van der Waals surface area contributed by atoms with Crippen LogP contribution in [0.15, 0.2) is 30.3 Å². The van der Waals surface area contributed by atoms with Crippen molar-refractivity contribution >= 4 is 34.4 Å². The molecule has 4 heterocycles. The van der Waals surface area contributed by atoms with Gasteiger partial charge in [-0.25, -0.2) is 8.78 Å². The number of halogens is 3. The number of nitrogen functional groups attached to an aromatic ring is 2. The van der Waals surface area contributed by atoms with Crippen molar-refractivity contribution in [1.29, 1.82) is 0 Å². The second-order valence-electron chi connectivity index (χ2n) is 13.8. The van der Waals surface area contributed by atoms with E-state index in [1.54, 1.807) is 13.2 Å². The van der Waals surface area contributed by atoms with Gasteiger partial charge in [-0.1, -0.05) is 11.6 Å². The highest BCUT2D eigenvalue weighted by atomic mass is 35.5. The Morgan fingerprint density at radius 2 is 1.20 bits per heavy atom. The van der Waals surface area contributed by atoms with Crippen molar-refractivity contribution in [2.75, 3.05) is 140 Å². The van der Waals surface area contributed by atoms with Crippen LogP contribution in [0, 0.1) is 0 Å². The Morgan fingerprint density at radius 3 is 1.68 bits per heavy atom. The molecule has 0 amide bonds. The number of hydrogen-bond acceptors (Lipinski definition) is 10. The molecule has 4 N–H and O–H groups in total. The highest BCUT2D eigenvalue weighted by molar-refractivity contribution is 6.33. The summed E-state index contributed by atoms with van der Waals surface area (Å²) in [6, 6.07) is 11.1. The molecule has 2 aromatic rings. The maximum Gasteiger partial charge on any atom is 0.144 e. The third-order valence-electron chi connectivity index (χ3n) is 10.9. The molecular formula is C37H59ClF2N8O2. The van der Waals surface area contributed by atoms with Crippen LogP contribution in [0.2, 0.25) is 5.02 Å². The minimum atomic E-state index is -0.246. The van der Waals surface area contributed by atoms with Crippen molar-refractivity contribution < 1.29 is 18.3 Å². The summed E-state index contributed by atoms with van der Waals surface area (Å²) in [4.78, 5) is 14.4. The number of rotatable bonds is 11. The molecular weight excluding hydrogens is 662 g/mol. The van der Waals surface area contributed by atoms with Gasteiger partial charge < -0.3 is 30.7 Å². The second-order valence-corrected chi connectivity index (χ2v) is 14.2.